The van der Waals surface area contributed by atoms with Gasteiger partial charge in [0.15, 0.2) is 0 Å². The van der Waals surface area contributed by atoms with Crippen molar-refractivity contribution in [3.8, 4) is 5.75 Å². The van der Waals surface area contributed by atoms with E-state index in [1.54, 1.807) is 14.2 Å². The van der Waals surface area contributed by atoms with Gasteiger partial charge in [0, 0.05) is 43.2 Å². The fourth-order valence-corrected chi connectivity index (χ4v) is 3.28. The van der Waals surface area contributed by atoms with Crippen molar-refractivity contribution >= 4 is 16.8 Å². The third-order valence-corrected chi connectivity index (χ3v) is 4.79. The molecule has 0 aliphatic rings. The number of para-hydroxylation sites is 1. The zero-order chi connectivity index (χ0) is 19.8. The van der Waals surface area contributed by atoms with Crippen LogP contribution in [0.2, 0.25) is 0 Å². The van der Waals surface area contributed by atoms with Gasteiger partial charge in [0.1, 0.15) is 5.75 Å². The second-order valence-corrected chi connectivity index (χ2v) is 6.59. The lowest BCUT2D eigenvalue weighted by atomic mass is 9.91. The summed E-state index contributed by atoms with van der Waals surface area (Å²) in [6.07, 6.45) is 2.03. The minimum absolute atomic E-state index is 0.0324. The number of carbonyl (C=O) groups excluding carboxylic acids is 1. The molecular formula is C22H27N3O3. The van der Waals surface area contributed by atoms with Crippen molar-refractivity contribution in [1.82, 2.24) is 15.6 Å². The molecule has 0 saturated carbocycles. The summed E-state index contributed by atoms with van der Waals surface area (Å²) < 4.78 is 10.3. The number of aromatic amines is 1. The number of hydrogen-bond acceptors (Lipinski definition) is 4. The number of hydrogen-bond donors (Lipinski definition) is 3. The molecule has 1 amide bonds. The summed E-state index contributed by atoms with van der Waals surface area (Å²) in [6, 6.07) is 16.2. The van der Waals surface area contributed by atoms with Crippen molar-refractivity contribution in [2.45, 2.75) is 5.92 Å². The van der Waals surface area contributed by atoms with Crippen LogP contribution < -0.4 is 15.4 Å². The van der Waals surface area contributed by atoms with E-state index in [-0.39, 0.29) is 18.4 Å². The Bertz CT molecular complexity index is 889. The van der Waals surface area contributed by atoms with Gasteiger partial charge in [0.25, 0.3) is 0 Å². The smallest absolute Gasteiger partial charge is 0.233 e. The first-order valence-electron chi connectivity index (χ1n) is 9.39. The number of fused-ring (bicyclic) bond motifs is 1. The summed E-state index contributed by atoms with van der Waals surface area (Å²) in [5, 5.41) is 7.28. The van der Waals surface area contributed by atoms with Crippen LogP contribution in [0.3, 0.4) is 0 Å². The van der Waals surface area contributed by atoms with E-state index in [4.69, 9.17) is 9.47 Å². The lowest BCUT2D eigenvalue weighted by Crippen LogP contribution is -2.37. The molecule has 0 radical (unpaired) electrons. The number of aromatic nitrogens is 1. The van der Waals surface area contributed by atoms with Crippen molar-refractivity contribution in [1.29, 1.82) is 0 Å². The van der Waals surface area contributed by atoms with E-state index in [1.807, 2.05) is 42.6 Å². The molecule has 1 unspecified atom stereocenters. The second kappa shape index (κ2) is 9.92. The molecule has 0 aliphatic heterocycles. The Labute approximate surface area is 165 Å². The Morgan fingerprint density at radius 3 is 2.64 bits per heavy atom. The first-order valence-corrected chi connectivity index (χ1v) is 9.39. The number of nitrogens with one attached hydrogen (secondary N) is 3. The second-order valence-electron chi connectivity index (χ2n) is 6.59. The molecule has 1 heterocycles. The zero-order valence-corrected chi connectivity index (χ0v) is 16.3. The van der Waals surface area contributed by atoms with Gasteiger partial charge in [-0.15, -0.1) is 0 Å². The molecule has 0 fully saturated rings. The number of ether oxygens (including phenoxy) is 2. The van der Waals surface area contributed by atoms with Crippen LogP contribution in [0, 0.1) is 0 Å². The maximum absolute atomic E-state index is 12.2. The Hall–Kier alpha value is -2.83. The minimum atomic E-state index is -0.0329. The van der Waals surface area contributed by atoms with Gasteiger partial charge in [0.05, 0.1) is 20.3 Å². The van der Waals surface area contributed by atoms with E-state index in [0.29, 0.717) is 19.7 Å². The molecule has 0 spiro atoms. The largest absolute Gasteiger partial charge is 0.497 e. The minimum Gasteiger partial charge on any atom is -0.497 e. The first kappa shape index (κ1) is 19.9. The first-order chi connectivity index (χ1) is 13.7. The summed E-state index contributed by atoms with van der Waals surface area (Å²) in [5.74, 6) is 0.812. The number of benzene rings is 2. The highest BCUT2D eigenvalue weighted by molar-refractivity contribution is 5.84. The third kappa shape index (κ3) is 4.91. The molecule has 2 aromatic carbocycles. The van der Waals surface area contributed by atoms with Crippen molar-refractivity contribution in [3.05, 3.63) is 65.9 Å². The SMILES string of the molecule is COCCNCC(=O)NCC(c1ccc(OC)cc1)c1c[nH]c2ccccc12. The fourth-order valence-electron chi connectivity index (χ4n) is 3.28. The van der Waals surface area contributed by atoms with Crippen LogP contribution in [0.5, 0.6) is 5.75 Å². The average Bonchev–Trinajstić information content (AvgIpc) is 3.16. The van der Waals surface area contributed by atoms with E-state index >= 15 is 0 Å². The summed E-state index contributed by atoms with van der Waals surface area (Å²) in [5.41, 5.74) is 3.37. The van der Waals surface area contributed by atoms with Gasteiger partial charge in [-0.2, -0.15) is 0 Å². The molecular weight excluding hydrogens is 354 g/mol. The monoisotopic (exact) mass is 381 g/mol. The molecule has 0 aliphatic carbocycles. The van der Waals surface area contributed by atoms with E-state index < -0.39 is 0 Å². The lowest BCUT2D eigenvalue weighted by molar-refractivity contribution is -0.120. The number of amides is 1. The molecule has 3 rings (SSSR count). The standard InChI is InChI=1S/C22H27N3O3/c1-27-12-11-23-15-22(26)25-13-19(16-7-9-17(28-2)10-8-16)20-14-24-21-6-4-3-5-18(20)21/h3-10,14,19,23-24H,11-13,15H2,1-2H3,(H,25,26). The number of H-pyrrole nitrogens is 1. The van der Waals surface area contributed by atoms with Crippen molar-refractivity contribution in [3.63, 3.8) is 0 Å². The molecule has 3 aromatic rings. The molecule has 28 heavy (non-hydrogen) atoms. The normalized spacial score (nSPS) is 12.1. The summed E-state index contributed by atoms with van der Waals surface area (Å²) in [4.78, 5) is 15.6. The van der Waals surface area contributed by atoms with Crippen LogP contribution in [0.1, 0.15) is 17.0 Å². The highest BCUT2D eigenvalue weighted by Crippen LogP contribution is 2.31. The maximum atomic E-state index is 12.2. The Balaban J connectivity index is 1.78. The van der Waals surface area contributed by atoms with E-state index in [2.05, 4.69) is 27.8 Å². The average molecular weight is 381 g/mol. The van der Waals surface area contributed by atoms with Crippen LogP contribution in [-0.4, -0.2) is 51.4 Å². The summed E-state index contributed by atoms with van der Waals surface area (Å²) >= 11 is 0. The van der Waals surface area contributed by atoms with Gasteiger partial charge in [-0.05, 0) is 29.3 Å². The zero-order valence-electron chi connectivity index (χ0n) is 16.3. The Morgan fingerprint density at radius 1 is 1.11 bits per heavy atom. The van der Waals surface area contributed by atoms with Crippen molar-refractivity contribution in [2.24, 2.45) is 0 Å². The Morgan fingerprint density at radius 2 is 1.89 bits per heavy atom. The maximum Gasteiger partial charge on any atom is 0.233 e. The molecule has 6 heteroatoms. The molecule has 3 N–H and O–H groups in total. The molecule has 0 saturated heterocycles. The topological polar surface area (TPSA) is 75.4 Å². The van der Waals surface area contributed by atoms with Crippen LogP contribution in [0.4, 0.5) is 0 Å². The molecule has 148 valence electrons. The van der Waals surface area contributed by atoms with Gasteiger partial charge < -0.3 is 25.1 Å². The van der Waals surface area contributed by atoms with E-state index in [0.717, 1.165) is 27.8 Å². The summed E-state index contributed by atoms with van der Waals surface area (Å²) in [7, 11) is 3.30. The predicted octanol–water partition coefficient (Wildman–Crippen LogP) is 2.66. The van der Waals surface area contributed by atoms with Crippen LogP contribution in [0.25, 0.3) is 10.9 Å². The van der Waals surface area contributed by atoms with Crippen LogP contribution in [0.15, 0.2) is 54.7 Å². The molecule has 0 bridgehead atoms. The van der Waals surface area contributed by atoms with Crippen LogP contribution in [-0.2, 0) is 9.53 Å². The molecule has 6 nitrogen and oxygen atoms in total. The van der Waals surface area contributed by atoms with Gasteiger partial charge in [-0.25, -0.2) is 0 Å². The number of carbonyl (C=O) groups is 1. The number of rotatable bonds is 10. The van der Waals surface area contributed by atoms with E-state index in [9.17, 15) is 4.79 Å². The van der Waals surface area contributed by atoms with Crippen LogP contribution >= 0.6 is 0 Å². The third-order valence-electron chi connectivity index (χ3n) is 4.79. The lowest BCUT2D eigenvalue weighted by Gasteiger charge is -2.19. The molecule has 1 atom stereocenters. The van der Waals surface area contributed by atoms with Gasteiger partial charge in [-0.3, -0.25) is 4.79 Å². The van der Waals surface area contributed by atoms with Crippen molar-refractivity contribution < 1.29 is 14.3 Å². The quantitative estimate of drug-likeness (QED) is 0.472. The van der Waals surface area contributed by atoms with Crippen molar-refractivity contribution in [2.75, 3.05) is 40.5 Å². The van der Waals surface area contributed by atoms with Gasteiger partial charge in [0.2, 0.25) is 5.91 Å². The highest BCUT2D eigenvalue weighted by Gasteiger charge is 2.19. The fraction of sp³-hybridized carbons (Fsp3) is 0.318. The van der Waals surface area contributed by atoms with Gasteiger partial charge >= 0.3 is 0 Å². The van der Waals surface area contributed by atoms with Gasteiger partial charge in [-0.1, -0.05) is 30.3 Å². The Kier molecular flexibility index (Phi) is 7.06. The number of methoxy groups -OCH3 is 2. The predicted molar refractivity (Wildman–Crippen MR) is 111 cm³/mol. The molecule has 1 aromatic heterocycles. The summed E-state index contributed by atoms with van der Waals surface area (Å²) in [6.45, 7) is 2.01. The highest BCUT2D eigenvalue weighted by atomic mass is 16.5. The van der Waals surface area contributed by atoms with E-state index in [1.165, 1.54) is 0 Å².